The van der Waals surface area contributed by atoms with Gasteiger partial charge in [0.2, 0.25) is 0 Å². The van der Waals surface area contributed by atoms with Crippen molar-refractivity contribution in [3.8, 4) is 17.8 Å². The van der Waals surface area contributed by atoms with Crippen LogP contribution in [0.4, 0.5) is 11.5 Å². The van der Waals surface area contributed by atoms with Crippen molar-refractivity contribution >= 4 is 11.5 Å². The molecule has 7 heteroatoms. The van der Waals surface area contributed by atoms with Crippen LogP contribution in [-0.2, 0) is 6.42 Å². The number of aromatic nitrogens is 3. The zero-order valence-electron chi connectivity index (χ0n) is 16.8. The first-order chi connectivity index (χ1) is 13.9. The minimum absolute atomic E-state index is 0.353. The van der Waals surface area contributed by atoms with Gasteiger partial charge in [-0.05, 0) is 51.8 Å². The highest BCUT2D eigenvalue weighted by atomic mass is 15.3. The average molecular weight is 385 g/mol. The van der Waals surface area contributed by atoms with E-state index in [0.717, 1.165) is 29.1 Å². The SMILES string of the molecule is Cc1ccc(-n2nc(CCCNc3cc(C)nc(C)c3C#N)c(C#N)c2N)cc1. The zero-order chi connectivity index (χ0) is 21.0. The topological polar surface area (TPSA) is 116 Å². The van der Waals surface area contributed by atoms with Crippen LogP contribution in [0.2, 0.25) is 0 Å². The third kappa shape index (κ3) is 4.20. The lowest BCUT2D eigenvalue weighted by molar-refractivity contribution is 0.790. The Morgan fingerprint density at radius 3 is 2.41 bits per heavy atom. The molecule has 0 saturated carbocycles. The van der Waals surface area contributed by atoms with E-state index in [1.165, 1.54) is 0 Å². The fourth-order valence-electron chi connectivity index (χ4n) is 3.25. The number of hydrogen-bond acceptors (Lipinski definition) is 6. The summed E-state index contributed by atoms with van der Waals surface area (Å²) in [4.78, 5) is 4.33. The average Bonchev–Trinajstić information content (AvgIpc) is 3.01. The lowest BCUT2D eigenvalue weighted by Gasteiger charge is -2.10. The van der Waals surface area contributed by atoms with Gasteiger partial charge >= 0.3 is 0 Å². The second-order valence-electron chi connectivity index (χ2n) is 6.98. The molecule has 1 aromatic carbocycles. The van der Waals surface area contributed by atoms with E-state index in [1.807, 2.05) is 51.1 Å². The van der Waals surface area contributed by atoms with Gasteiger partial charge in [0, 0.05) is 12.2 Å². The van der Waals surface area contributed by atoms with Gasteiger partial charge in [0.25, 0.3) is 0 Å². The van der Waals surface area contributed by atoms with Crippen molar-refractivity contribution in [3.63, 3.8) is 0 Å². The van der Waals surface area contributed by atoms with Gasteiger partial charge < -0.3 is 11.1 Å². The number of nitrogen functional groups attached to an aromatic ring is 1. The molecule has 0 aliphatic rings. The minimum atomic E-state index is 0.353. The lowest BCUT2D eigenvalue weighted by atomic mass is 10.1. The molecule has 0 aliphatic heterocycles. The summed E-state index contributed by atoms with van der Waals surface area (Å²) in [6.45, 7) is 6.38. The van der Waals surface area contributed by atoms with Crippen molar-refractivity contribution in [1.82, 2.24) is 14.8 Å². The minimum Gasteiger partial charge on any atom is -0.384 e. The second kappa shape index (κ2) is 8.45. The highest BCUT2D eigenvalue weighted by molar-refractivity contribution is 5.60. The van der Waals surface area contributed by atoms with Crippen molar-refractivity contribution < 1.29 is 0 Å². The van der Waals surface area contributed by atoms with Crippen molar-refractivity contribution in [2.75, 3.05) is 17.6 Å². The van der Waals surface area contributed by atoms with E-state index in [2.05, 4.69) is 27.5 Å². The third-order valence-corrected chi connectivity index (χ3v) is 4.73. The molecular weight excluding hydrogens is 362 g/mol. The Morgan fingerprint density at radius 1 is 1.07 bits per heavy atom. The molecule has 0 unspecified atom stereocenters. The number of nitrogens with zero attached hydrogens (tertiary/aromatic N) is 5. The summed E-state index contributed by atoms with van der Waals surface area (Å²) in [6, 6.07) is 14.1. The Balaban J connectivity index is 1.72. The molecule has 0 atom stereocenters. The quantitative estimate of drug-likeness (QED) is 0.627. The Kier molecular flexibility index (Phi) is 5.80. The molecule has 0 spiro atoms. The summed E-state index contributed by atoms with van der Waals surface area (Å²) in [6.07, 6.45) is 1.34. The van der Waals surface area contributed by atoms with Gasteiger partial charge in [-0.3, -0.25) is 4.98 Å². The van der Waals surface area contributed by atoms with Gasteiger partial charge in [-0.1, -0.05) is 17.7 Å². The molecule has 7 nitrogen and oxygen atoms in total. The fourth-order valence-corrected chi connectivity index (χ4v) is 3.25. The van der Waals surface area contributed by atoms with E-state index in [0.29, 0.717) is 41.3 Å². The van der Waals surface area contributed by atoms with Gasteiger partial charge in [0.05, 0.1) is 28.3 Å². The molecular formula is C22H23N7. The van der Waals surface area contributed by atoms with Gasteiger partial charge in [-0.2, -0.15) is 15.6 Å². The predicted molar refractivity (Wildman–Crippen MR) is 113 cm³/mol. The number of anilines is 2. The van der Waals surface area contributed by atoms with E-state index in [9.17, 15) is 10.5 Å². The normalized spacial score (nSPS) is 10.4. The van der Waals surface area contributed by atoms with Crippen LogP contribution in [-0.4, -0.2) is 21.3 Å². The molecule has 0 amide bonds. The molecule has 2 heterocycles. The van der Waals surface area contributed by atoms with E-state index in [-0.39, 0.29) is 0 Å². The predicted octanol–water partition coefficient (Wildman–Crippen LogP) is 3.56. The van der Waals surface area contributed by atoms with Crippen molar-refractivity contribution in [3.05, 3.63) is 64.1 Å². The van der Waals surface area contributed by atoms with Gasteiger partial charge in [0.1, 0.15) is 23.5 Å². The van der Waals surface area contributed by atoms with Crippen LogP contribution in [0.15, 0.2) is 30.3 Å². The van der Waals surface area contributed by atoms with E-state index in [4.69, 9.17) is 5.73 Å². The Morgan fingerprint density at radius 2 is 1.76 bits per heavy atom. The molecule has 146 valence electrons. The first-order valence-corrected chi connectivity index (χ1v) is 9.41. The highest BCUT2D eigenvalue weighted by Gasteiger charge is 2.16. The van der Waals surface area contributed by atoms with Crippen LogP contribution < -0.4 is 11.1 Å². The number of aryl methyl sites for hydroxylation is 4. The second-order valence-corrected chi connectivity index (χ2v) is 6.98. The van der Waals surface area contributed by atoms with E-state index in [1.54, 1.807) is 4.68 Å². The number of pyridine rings is 1. The summed E-state index contributed by atoms with van der Waals surface area (Å²) >= 11 is 0. The Bertz CT molecular complexity index is 1110. The molecule has 2 aromatic heterocycles. The molecule has 3 N–H and O–H groups in total. The highest BCUT2D eigenvalue weighted by Crippen LogP contribution is 2.22. The summed E-state index contributed by atoms with van der Waals surface area (Å²) in [5.74, 6) is 0.353. The number of nitrogens with one attached hydrogen (secondary N) is 1. The molecule has 0 fully saturated rings. The standard InChI is InChI=1S/C22H23N7/c1-14-6-8-17(9-7-14)29-22(25)19(13-24)20(28-29)5-4-10-26-21-11-15(2)27-16(3)18(21)12-23/h6-9,11H,4-5,10,25H2,1-3H3,(H,26,27). The fraction of sp³-hybridized carbons (Fsp3) is 0.273. The van der Waals surface area contributed by atoms with Crippen LogP contribution in [0.1, 0.15) is 40.2 Å². The first kappa shape index (κ1) is 19.9. The largest absolute Gasteiger partial charge is 0.384 e. The zero-order valence-corrected chi connectivity index (χ0v) is 16.8. The van der Waals surface area contributed by atoms with Gasteiger partial charge in [-0.25, -0.2) is 4.68 Å². The van der Waals surface area contributed by atoms with E-state index < -0.39 is 0 Å². The number of nitrogens with two attached hydrogens (primary N) is 1. The molecule has 3 rings (SSSR count). The van der Waals surface area contributed by atoms with Crippen molar-refractivity contribution in [2.45, 2.75) is 33.6 Å². The molecule has 0 aliphatic carbocycles. The van der Waals surface area contributed by atoms with Crippen LogP contribution in [0.3, 0.4) is 0 Å². The third-order valence-electron chi connectivity index (χ3n) is 4.73. The first-order valence-electron chi connectivity index (χ1n) is 9.41. The van der Waals surface area contributed by atoms with Crippen LogP contribution >= 0.6 is 0 Å². The maximum absolute atomic E-state index is 9.53. The summed E-state index contributed by atoms with van der Waals surface area (Å²) in [5.41, 5.74) is 12.1. The van der Waals surface area contributed by atoms with Crippen LogP contribution in [0, 0.1) is 43.4 Å². The maximum Gasteiger partial charge on any atom is 0.145 e. The van der Waals surface area contributed by atoms with Crippen LogP contribution in [0.25, 0.3) is 5.69 Å². The summed E-state index contributed by atoms with van der Waals surface area (Å²) in [7, 11) is 0. The van der Waals surface area contributed by atoms with E-state index >= 15 is 0 Å². The smallest absolute Gasteiger partial charge is 0.145 e. The number of hydrogen-bond donors (Lipinski definition) is 2. The van der Waals surface area contributed by atoms with Crippen molar-refractivity contribution in [1.29, 1.82) is 10.5 Å². The van der Waals surface area contributed by atoms with Crippen molar-refractivity contribution in [2.24, 2.45) is 0 Å². The molecule has 3 aromatic rings. The summed E-state index contributed by atoms with van der Waals surface area (Å²) < 4.78 is 1.62. The van der Waals surface area contributed by atoms with Gasteiger partial charge in [-0.15, -0.1) is 0 Å². The number of rotatable bonds is 6. The lowest BCUT2D eigenvalue weighted by Crippen LogP contribution is -2.07. The number of nitriles is 2. The van der Waals surface area contributed by atoms with Gasteiger partial charge in [0.15, 0.2) is 0 Å². The summed E-state index contributed by atoms with van der Waals surface area (Å²) in [5, 5.41) is 26.8. The van der Waals surface area contributed by atoms with Crippen LogP contribution in [0.5, 0.6) is 0 Å². The molecule has 0 radical (unpaired) electrons. The molecule has 0 saturated heterocycles. The Labute approximate surface area is 170 Å². The Hall–Kier alpha value is -3.84. The number of benzene rings is 1. The molecule has 29 heavy (non-hydrogen) atoms. The maximum atomic E-state index is 9.53. The monoisotopic (exact) mass is 385 g/mol. The molecule has 0 bridgehead atoms.